The SMILES string of the molecule is COc1ccc(/C=C/C(=O)Nc2ccc(-c3ccc(CO)o3)cc2)cc1. The number of hydrogen-bond donors (Lipinski definition) is 2. The first-order valence-corrected chi connectivity index (χ1v) is 8.11. The lowest BCUT2D eigenvalue weighted by Crippen LogP contribution is -2.07. The molecule has 0 atom stereocenters. The number of aliphatic hydroxyl groups is 1. The number of nitrogens with one attached hydrogen (secondary N) is 1. The molecule has 0 fully saturated rings. The third kappa shape index (κ3) is 4.40. The van der Waals surface area contributed by atoms with E-state index in [-0.39, 0.29) is 12.5 Å². The maximum atomic E-state index is 12.0. The van der Waals surface area contributed by atoms with E-state index in [1.807, 2.05) is 36.4 Å². The van der Waals surface area contributed by atoms with Crippen molar-refractivity contribution in [2.45, 2.75) is 6.61 Å². The second-order valence-electron chi connectivity index (χ2n) is 5.60. The molecule has 132 valence electrons. The number of carbonyl (C=O) groups is 1. The Bertz CT molecular complexity index is 893. The Balaban J connectivity index is 1.60. The molecule has 2 aromatic carbocycles. The van der Waals surface area contributed by atoms with E-state index in [4.69, 9.17) is 14.3 Å². The van der Waals surface area contributed by atoms with Gasteiger partial charge in [-0.3, -0.25) is 4.79 Å². The predicted octanol–water partition coefficient (Wildman–Crippen LogP) is 4.10. The van der Waals surface area contributed by atoms with Crippen LogP contribution in [0.3, 0.4) is 0 Å². The minimum atomic E-state index is -0.214. The van der Waals surface area contributed by atoms with Crippen LogP contribution >= 0.6 is 0 Å². The van der Waals surface area contributed by atoms with Gasteiger partial charge >= 0.3 is 0 Å². The summed E-state index contributed by atoms with van der Waals surface area (Å²) in [6.07, 6.45) is 3.22. The Labute approximate surface area is 151 Å². The van der Waals surface area contributed by atoms with E-state index in [1.165, 1.54) is 6.08 Å². The van der Waals surface area contributed by atoms with Crippen molar-refractivity contribution in [3.63, 3.8) is 0 Å². The lowest BCUT2D eigenvalue weighted by atomic mass is 10.1. The van der Waals surface area contributed by atoms with Gasteiger partial charge in [0.15, 0.2) is 0 Å². The normalized spacial score (nSPS) is 10.8. The highest BCUT2D eigenvalue weighted by atomic mass is 16.5. The second kappa shape index (κ2) is 8.18. The zero-order chi connectivity index (χ0) is 18.4. The first kappa shape index (κ1) is 17.5. The molecule has 0 aliphatic heterocycles. The van der Waals surface area contributed by atoms with Crippen LogP contribution in [-0.4, -0.2) is 18.1 Å². The number of carbonyl (C=O) groups excluding carboxylic acids is 1. The lowest BCUT2D eigenvalue weighted by Gasteiger charge is -2.04. The highest BCUT2D eigenvalue weighted by Gasteiger charge is 2.05. The van der Waals surface area contributed by atoms with Gasteiger partial charge in [0.2, 0.25) is 5.91 Å². The first-order chi connectivity index (χ1) is 12.7. The molecule has 5 nitrogen and oxygen atoms in total. The molecule has 0 spiro atoms. The summed E-state index contributed by atoms with van der Waals surface area (Å²) in [7, 11) is 1.61. The Morgan fingerprint density at radius 3 is 2.42 bits per heavy atom. The van der Waals surface area contributed by atoms with Gasteiger partial charge in [-0.25, -0.2) is 0 Å². The van der Waals surface area contributed by atoms with Crippen molar-refractivity contribution in [2.24, 2.45) is 0 Å². The molecule has 0 bridgehead atoms. The first-order valence-electron chi connectivity index (χ1n) is 8.11. The number of furan rings is 1. The highest BCUT2D eigenvalue weighted by molar-refractivity contribution is 6.02. The minimum Gasteiger partial charge on any atom is -0.497 e. The van der Waals surface area contributed by atoms with Crippen LogP contribution in [0, 0.1) is 0 Å². The van der Waals surface area contributed by atoms with Crippen molar-refractivity contribution in [2.75, 3.05) is 12.4 Å². The Morgan fingerprint density at radius 2 is 1.81 bits per heavy atom. The standard InChI is InChI=1S/C21H19NO4/c1-25-18-9-2-15(3-10-18)4-13-21(24)22-17-7-5-16(6-8-17)20-12-11-19(14-23)26-20/h2-13,23H,14H2,1H3,(H,22,24)/b13-4+. The molecule has 3 aromatic rings. The molecule has 0 saturated heterocycles. The van der Waals surface area contributed by atoms with Crippen LogP contribution in [0.25, 0.3) is 17.4 Å². The summed E-state index contributed by atoms with van der Waals surface area (Å²) in [5.74, 6) is 1.75. The highest BCUT2D eigenvalue weighted by Crippen LogP contribution is 2.24. The number of rotatable bonds is 6. The fourth-order valence-corrected chi connectivity index (χ4v) is 2.41. The van der Waals surface area contributed by atoms with Gasteiger partial charge in [-0.15, -0.1) is 0 Å². The third-order valence-electron chi connectivity index (χ3n) is 3.80. The molecule has 3 rings (SSSR count). The zero-order valence-corrected chi connectivity index (χ0v) is 14.3. The van der Waals surface area contributed by atoms with Gasteiger partial charge in [-0.05, 0) is 60.2 Å². The smallest absolute Gasteiger partial charge is 0.248 e. The number of aliphatic hydroxyl groups excluding tert-OH is 1. The number of ether oxygens (including phenoxy) is 1. The lowest BCUT2D eigenvalue weighted by molar-refractivity contribution is -0.111. The van der Waals surface area contributed by atoms with Crippen molar-refractivity contribution in [1.29, 1.82) is 0 Å². The van der Waals surface area contributed by atoms with Crippen molar-refractivity contribution < 1.29 is 19.1 Å². The summed E-state index contributed by atoms with van der Waals surface area (Å²) in [5.41, 5.74) is 2.47. The quantitative estimate of drug-likeness (QED) is 0.657. The number of methoxy groups -OCH3 is 1. The van der Waals surface area contributed by atoms with Crippen LogP contribution in [0.2, 0.25) is 0 Å². The molecule has 1 heterocycles. The molecule has 2 N–H and O–H groups in total. The third-order valence-corrected chi connectivity index (χ3v) is 3.80. The molecular weight excluding hydrogens is 330 g/mol. The largest absolute Gasteiger partial charge is 0.497 e. The fraction of sp³-hybridized carbons (Fsp3) is 0.0952. The van der Waals surface area contributed by atoms with E-state index in [1.54, 1.807) is 37.5 Å². The molecule has 0 aliphatic rings. The minimum absolute atomic E-state index is 0.130. The van der Waals surface area contributed by atoms with Crippen LogP contribution < -0.4 is 10.1 Å². The molecule has 5 heteroatoms. The van der Waals surface area contributed by atoms with E-state index < -0.39 is 0 Å². The maximum absolute atomic E-state index is 12.0. The van der Waals surface area contributed by atoms with E-state index >= 15 is 0 Å². The molecule has 1 amide bonds. The summed E-state index contributed by atoms with van der Waals surface area (Å²) in [5, 5.41) is 11.9. The Kier molecular flexibility index (Phi) is 5.51. The van der Waals surface area contributed by atoms with Crippen molar-refractivity contribution >= 4 is 17.7 Å². The summed E-state index contributed by atoms with van der Waals surface area (Å²) in [6, 6.07) is 18.3. The number of amides is 1. The summed E-state index contributed by atoms with van der Waals surface area (Å²) in [4.78, 5) is 12.0. The second-order valence-corrected chi connectivity index (χ2v) is 5.60. The van der Waals surface area contributed by atoms with Crippen LogP contribution in [0.15, 0.2) is 71.2 Å². The van der Waals surface area contributed by atoms with E-state index in [2.05, 4.69) is 5.32 Å². The zero-order valence-electron chi connectivity index (χ0n) is 14.3. The van der Waals surface area contributed by atoms with Crippen LogP contribution in [0.5, 0.6) is 5.75 Å². The molecule has 0 unspecified atom stereocenters. The molecule has 26 heavy (non-hydrogen) atoms. The van der Waals surface area contributed by atoms with Crippen molar-refractivity contribution in [1.82, 2.24) is 0 Å². The van der Waals surface area contributed by atoms with Crippen molar-refractivity contribution in [3.05, 3.63) is 78.1 Å². The number of hydrogen-bond acceptors (Lipinski definition) is 4. The van der Waals surface area contributed by atoms with Gasteiger partial charge in [-0.2, -0.15) is 0 Å². The molecule has 0 saturated carbocycles. The summed E-state index contributed by atoms with van der Waals surface area (Å²) >= 11 is 0. The average Bonchev–Trinajstić information content (AvgIpc) is 3.16. The molecular formula is C21H19NO4. The molecule has 0 aliphatic carbocycles. The number of benzene rings is 2. The van der Waals surface area contributed by atoms with Gasteiger partial charge < -0.3 is 19.6 Å². The summed E-state index contributed by atoms with van der Waals surface area (Å²) in [6.45, 7) is -0.130. The van der Waals surface area contributed by atoms with E-state index in [0.717, 1.165) is 16.9 Å². The fourth-order valence-electron chi connectivity index (χ4n) is 2.41. The topological polar surface area (TPSA) is 71.7 Å². The maximum Gasteiger partial charge on any atom is 0.248 e. The Morgan fingerprint density at radius 1 is 1.08 bits per heavy atom. The van der Waals surface area contributed by atoms with Crippen molar-refractivity contribution in [3.8, 4) is 17.1 Å². The van der Waals surface area contributed by atoms with Gasteiger partial charge in [0, 0.05) is 17.3 Å². The summed E-state index contributed by atoms with van der Waals surface area (Å²) < 4.78 is 10.6. The van der Waals surface area contributed by atoms with Crippen LogP contribution in [0.1, 0.15) is 11.3 Å². The Hall–Kier alpha value is -3.31. The monoisotopic (exact) mass is 349 g/mol. The molecule has 1 aromatic heterocycles. The van der Waals surface area contributed by atoms with Gasteiger partial charge in [0.25, 0.3) is 0 Å². The van der Waals surface area contributed by atoms with Gasteiger partial charge in [-0.1, -0.05) is 12.1 Å². The molecule has 0 radical (unpaired) electrons. The van der Waals surface area contributed by atoms with E-state index in [9.17, 15) is 4.79 Å². The van der Waals surface area contributed by atoms with Gasteiger partial charge in [0.05, 0.1) is 7.11 Å². The number of anilines is 1. The van der Waals surface area contributed by atoms with Crippen LogP contribution in [0.4, 0.5) is 5.69 Å². The van der Waals surface area contributed by atoms with Gasteiger partial charge in [0.1, 0.15) is 23.9 Å². The predicted molar refractivity (Wildman–Crippen MR) is 101 cm³/mol. The van der Waals surface area contributed by atoms with Crippen LogP contribution in [-0.2, 0) is 11.4 Å². The van der Waals surface area contributed by atoms with E-state index in [0.29, 0.717) is 17.2 Å². The average molecular weight is 349 g/mol.